The summed E-state index contributed by atoms with van der Waals surface area (Å²) in [6.45, 7) is 4.24. The molecule has 3 aromatic heterocycles. The molecule has 0 amide bonds. The second-order valence-electron chi connectivity index (χ2n) is 7.57. The summed E-state index contributed by atoms with van der Waals surface area (Å²) in [5.41, 5.74) is 1.07. The third kappa shape index (κ3) is 3.43. The zero-order valence-electron chi connectivity index (χ0n) is 16.0. The molecule has 150 valence electrons. The highest BCUT2D eigenvalue weighted by atomic mass is 35.5. The number of halogens is 1. The Labute approximate surface area is 177 Å². The predicted octanol–water partition coefficient (Wildman–Crippen LogP) is 5.23. The summed E-state index contributed by atoms with van der Waals surface area (Å²) in [5, 5.41) is 16.2. The summed E-state index contributed by atoms with van der Waals surface area (Å²) >= 11 is 7.75. The van der Waals surface area contributed by atoms with Crippen molar-refractivity contribution < 1.29 is 9.52 Å². The second kappa shape index (κ2) is 7.48. The van der Waals surface area contributed by atoms with Crippen LogP contribution in [0, 0.1) is 5.92 Å². The maximum absolute atomic E-state index is 11.1. The van der Waals surface area contributed by atoms with E-state index >= 15 is 0 Å². The molecule has 1 atom stereocenters. The molecular formula is C21H21ClN4O2S. The molecule has 1 aliphatic heterocycles. The first kappa shape index (κ1) is 18.7. The van der Waals surface area contributed by atoms with Crippen LogP contribution in [-0.2, 0) is 0 Å². The minimum atomic E-state index is -0.0817. The smallest absolute Gasteiger partial charge is 0.230 e. The van der Waals surface area contributed by atoms with E-state index in [1.165, 1.54) is 15.9 Å². The van der Waals surface area contributed by atoms with Crippen LogP contribution in [0.3, 0.4) is 0 Å². The second-order valence-corrected chi connectivity index (χ2v) is 9.02. The van der Waals surface area contributed by atoms with Crippen LogP contribution in [0.1, 0.15) is 36.2 Å². The van der Waals surface area contributed by atoms with Gasteiger partial charge in [0.1, 0.15) is 0 Å². The van der Waals surface area contributed by atoms with Crippen molar-refractivity contribution in [2.75, 3.05) is 13.1 Å². The van der Waals surface area contributed by atoms with Gasteiger partial charge in [0.15, 0.2) is 5.76 Å². The van der Waals surface area contributed by atoms with Crippen molar-refractivity contribution >= 4 is 27.9 Å². The number of furan rings is 1. The highest BCUT2D eigenvalue weighted by molar-refractivity contribution is 7.17. The van der Waals surface area contributed by atoms with E-state index in [1.807, 2.05) is 18.2 Å². The zero-order valence-corrected chi connectivity index (χ0v) is 17.5. The number of fused-ring (bicyclic) bond motifs is 1. The van der Waals surface area contributed by atoms with Crippen LogP contribution in [0.4, 0.5) is 0 Å². The third-order valence-electron chi connectivity index (χ3n) is 5.54. The molecule has 5 rings (SSSR count). The van der Waals surface area contributed by atoms with Gasteiger partial charge >= 0.3 is 0 Å². The van der Waals surface area contributed by atoms with Crippen molar-refractivity contribution in [2.24, 2.45) is 5.92 Å². The molecule has 1 aromatic carbocycles. The maximum Gasteiger partial charge on any atom is 0.230 e. The molecule has 0 radical (unpaired) electrons. The van der Waals surface area contributed by atoms with Crippen LogP contribution >= 0.6 is 22.9 Å². The van der Waals surface area contributed by atoms with Crippen LogP contribution in [0.5, 0.6) is 5.88 Å². The molecule has 0 unspecified atom stereocenters. The molecule has 29 heavy (non-hydrogen) atoms. The van der Waals surface area contributed by atoms with E-state index in [9.17, 15) is 5.11 Å². The van der Waals surface area contributed by atoms with E-state index in [0.717, 1.165) is 42.3 Å². The molecule has 1 saturated heterocycles. The predicted molar refractivity (Wildman–Crippen MR) is 113 cm³/mol. The van der Waals surface area contributed by atoms with Crippen molar-refractivity contribution in [3.63, 3.8) is 0 Å². The van der Waals surface area contributed by atoms with Crippen molar-refractivity contribution in [1.29, 1.82) is 0 Å². The van der Waals surface area contributed by atoms with E-state index < -0.39 is 0 Å². The van der Waals surface area contributed by atoms with Gasteiger partial charge in [-0.1, -0.05) is 42.0 Å². The number of benzene rings is 1. The lowest BCUT2D eigenvalue weighted by atomic mass is 9.95. The molecule has 0 spiro atoms. The SMILES string of the molecule is CC1CCN([C@@H](c2cccc(Cl)c2)c2sc3nc(-c4ccco4)nn3c2O)CC1. The summed E-state index contributed by atoms with van der Waals surface area (Å²) in [5.74, 6) is 1.89. The first-order chi connectivity index (χ1) is 14.1. The van der Waals surface area contributed by atoms with E-state index in [-0.39, 0.29) is 11.9 Å². The first-order valence-corrected chi connectivity index (χ1v) is 10.9. The molecule has 0 bridgehead atoms. The molecule has 4 heterocycles. The zero-order chi connectivity index (χ0) is 20.0. The summed E-state index contributed by atoms with van der Waals surface area (Å²) in [7, 11) is 0. The number of hydrogen-bond donors (Lipinski definition) is 1. The Bertz CT molecular complexity index is 1130. The summed E-state index contributed by atoms with van der Waals surface area (Å²) < 4.78 is 6.89. The average molecular weight is 429 g/mol. The Kier molecular flexibility index (Phi) is 4.81. The summed E-state index contributed by atoms with van der Waals surface area (Å²) in [4.78, 5) is 8.46. The Morgan fingerprint density at radius 3 is 2.76 bits per heavy atom. The quantitative estimate of drug-likeness (QED) is 0.482. The fourth-order valence-corrected chi connectivity index (χ4v) is 5.25. The fraction of sp³-hybridized carbons (Fsp3) is 0.333. The highest BCUT2D eigenvalue weighted by Crippen LogP contribution is 2.42. The summed E-state index contributed by atoms with van der Waals surface area (Å²) in [6, 6.07) is 11.4. The Morgan fingerprint density at radius 1 is 1.24 bits per heavy atom. The van der Waals surface area contributed by atoms with Crippen molar-refractivity contribution in [3.8, 4) is 17.5 Å². The molecular weight excluding hydrogens is 408 g/mol. The van der Waals surface area contributed by atoms with Gasteiger partial charge in [-0.05, 0) is 61.7 Å². The topological polar surface area (TPSA) is 66.8 Å². The summed E-state index contributed by atoms with van der Waals surface area (Å²) in [6.07, 6.45) is 3.87. The van der Waals surface area contributed by atoms with Gasteiger partial charge in [0.05, 0.1) is 17.2 Å². The number of piperidine rings is 1. The molecule has 4 aromatic rings. The van der Waals surface area contributed by atoms with E-state index in [2.05, 4.69) is 28.0 Å². The minimum absolute atomic E-state index is 0.0817. The van der Waals surface area contributed by atoms with Gasteiger partial charge in [-0.25, -0.2) is 0 Å². The van der Waals surface area contributed by atoms with Gasteiger partial charge in [0.2, 0.25) is 16.7 Å². The van der Waals surface area contributed by atoms with E-state index in [1.54, 1.807) is 18.4 Å². The van der Waals surface area contributed by atoms with Crippen molar-refractivity contribution in [1.82, 2.24) is 19.5 Å². The molecule has 1 aliphatic rings. The highest BCUT2D eigenvalue weighted by Gasteiger charge is 2.31. The molecule has 0 aliphatic carbocycles. The monoisotopic (exact) mass is 428 g/mol. The first-order valence-electron chi connectivity index (χ1n) is 9.72. The van der Waals surface area contributed by atoms with Crippen LogP contribution in [-0.4, -0.2) is 37.7 Å². The number of rotatable bonds is 4. The largest absolute Gasteiger partial charge is 0.492 e. The lowest BCUT2D eigenvalue weighted by molar-refractivity contribution is 0.157. The van der Waals surface area contributed by atoms with E-state index in [0.29, 0.717) is 21.6 Å². The standard InChI is InChI=1S/C21H21ClN4O2S/c1-13-7-9-25(10-8-13)17(14-4-2-5-15(22)12-14)18-20(27)26-21(29-18)23-19(24-26)16-6-3-11-28-16/h2-6,11-13,17,27H,7-10H2,1H3/t17-/m0/s1. The third-order valence-corrected chi connectivity index (χ3v) is 6.85. The van der Waals surface area contributed by atoms with Crippen molar-refractivity contribution in [3.05, 3.63) is 58.1 Å². The molecule has 1 N–H and O–H groups in total. The van der Waals surface area contributed by atoms with Crippen molar-refractivity contribution in [2.45, 2.75) is 25.8 Å². The number of aromatic hydroxyl groups is 1. The van der Waals surface area contributed by atoms with Gasteiger partial charge in [-0.2, -0.15) is 9.50 Å². The number of likely N-dealkylation sites (tertiary alicyclic amines) is 1. The van der Waals surface area contributed by atoms with Gasteiger partial charge in [0, 0.05) is 5.02 Å². The van der Waals surface area contributed by atoms with Crippen LogP contribution in [0.2, 0.25) is 5.02 Å². The lowest BCUT2D eigenvalue weighted by Gasteiger charge is -2.36. The number of aromatic nitrogens is 3. The fourth-order valence-electron chi connectivity index (χ4n) is 3.93. The van der Waals surface area contributed by atoms with Crippen LogP contribution in [0.25, 0.3) is 16.5 Å². The lowest BCUT2D eigenvalue weighted by Crippen LogP contribution is -2.36. The number of thiazole rings is 1. The van der Waals surface area contributed by atoms with Gasteiger partial charge in [0.25, 0.3) is 0 Å². The Morgan fingerprint density at radius 2 is 2.07 bits per heavy atom. The Hall–Kier alpha value is -2.35. The average Bonchev–Trinajstić information content (AvgIpc) is 3.43. The molecule has 1 fully saturated rings. The van der Waals surface area contributed by atoms with Gasteiger partial charge < -0.3 is 9.52 Å². The van der Waals surface area contributed by atoms with E-state index in [4.69, 9.17) is 16.0 Å². The number of hydrogen-bond acceptors (Lipinski definition) is 6. The Balaban J connectivity index is 1.59. The molecule has 6 nitrogen and oxygen atoms in total. The number of nitrogens with zero attached hydrogens (tertiary/aromatic N) is 4. The minimum Gasteiger partial charge on any atom is -0.492 e. The van der Waals surface area contributed by atoms with Gasteiger partial charge in [-0.3, -0.25) is 4.90 Å². The maximum atomic E-state index is 11.1. The molecule has 0 saturated carbocycles. The van der Waals surface area contributed by atoms with Gasteiger partial charge in [-0.15, -0.1) is 5.10 Å². The molecule has 8 heteroatoms. The van der Waals surface area contributed by atoms with Crippen LogP contribution < -0.4 is 0 Å². The normalized spacial score (nSPS) is 17.2. The van der Waals surface area contributed by atoms with Crippen LogP contribution in [0.15, 0.2) is 47.1 Å².